The minimum Gasteiger partial charge on any atom is -0.373 e. The standard InChI is InChI=1S/C11H17N3/c1-3-14(9-4-5-9)10-6-7-13-11(8-10)12-2/h6-9H,3-5H2,1-2H3,(H,12,13). The van der Waals surface area contributed by atoms with Crippen molar-refractivity contribution in [3.05, 3.63) is 18.3 Å². The first-order chi connectivity index (χ1) is 6.85. The molecule has 3 nitrogen and oxygen atoms in total. The molecule has 2 rings (SSSR count). The fourth-order valence-corrected chi connectivity index (χ4v) is 1.77. The molecule has 1 heterocycles. The van der Waals surface area contributed by atoms with Crippen LogP contribution in [0.15, 0.2) is 18.3 Å². The minimum absolute atomic E-state index is 0.770. The lowest BCUT2D eigenvalue weighted by molar-refractivity contribution is 0.825. The highest BCUT2D eigenvalue weighted by atomic mass is 15.2. The third kappa shape index (κ3) is 1.81. The van der Waals surface area contributed by atoms with Crippen LogP contribution >= 0.6 is 0 Å². The van der Waals surface area contributed by atoms with E-state index in [9.17, 15) is 0 Å². The van der Waals surface area contributed by atoms with Crippen molar-refractivity contribution in [1.82, 2.24) is 4.98 Å². The van der Waals surface area contributed by atoms with Gasteiger partial charge in [-0.3, -0.25) is 0 Å². The summed E-state index contributed by atoms with van der Waals surface area (Å²) in [6.45, 7) is 3.29. The number of nitrogens with zero attached hydrogens (tertiary/aromatic N) is 2. The van der Waals surface area contributed by atoms with Gasteiger partial charge >= 0.3 is 0 Å². The number of hydrogen-bond donors (Lipinski definition) is 1. The van der Waals surface area contributed by atoms with Gasteiger partial charge in [0.2, 0.25) is 0 Å². The Morgan fingerprint density at radius 2 is 2.36 bits per heavy atom. The highest BCUT2D eigenvalue weighted by Gasteiger charge is 2.28. The Morgan fingerprint density at radius 1 is 1.57 bits per heavy atom. The zero-order valence-electron chi connectivity index (χ0n) is 8.83. The Kier molecular flexibility index (Phi) is 2.57. The molecule has 0 saturated heterocycles. The van der Waals surface area contributed by atoms with Crippen LogP contribution in [0, 0.1) is 0 Å². The molecular formula is C11H17N3. The second kappa shape index (κ2) is 3.86. The Balaban J connectivity index is 2.20. The Morgan fingerprint density at radius 3 is 2.93 bits per heavy atom. The maximum absolute atomic E-state index is 4.22. The van der Waals surface area contributed by atoms with Crippen LogP contribution in [0.3, 0.4) is 0 Å². The van der Waals surface area contributed by atoms with E-state index in [-0.39, 0.29) is 0 Å². The predicted molar refractivity (Wildman–Crippen MR) is 59.8 cm³/mol. The normalized spacial score (nSPS) is 15.3. The van der Waals surface area contributed by atoms with Crippen LogP contribution < -0.4 is 10.2 Å². The zero-order valence-corrected chi connectivity index (χ0v) is 8.83. The summed E-state index contributed by atoms with van der Waals surface area (Å²) >= 11 is 0. The van der Waals surface area contributed by atoms with E-state index in [0.717, 1.165) is 18.4 Å². The van der Waals surface area contributed by atoms with Crippen molar-refractivity contribution in [3.8, 4) is 0 Å². The summed E-state index contributed by atoms with van der Waals surface area (Å²) in [4.78, 5) is 6.66. The fraction of sp³-hybridized carbons (Fsp3) is 0.545. The van der Waals surface area contributed by atoms with Gasteiger partial charge in [0.05, 0.1) is 0 Å². The van der Waals surface area contributed by atoms with Gasteiger partial charge in [-0.05, 0) is 25.8 Å². The monoisotopic (exact) mass is 191 g/mol. The van der Waals surface area contributed by atoms with Crippen LogP contribution in [0.25, 0.3) is 0 Å². The quantitative estimate of drug-likeness (QED) is 0.790. The van der Waals surface area contributed by atoms with E-state index in [1.165, 1.54) is 18.5 Å². The summed E-state index contributed by atoms with van der Waals surface area (Å²) in [6, 6.07) is 4.97. The molecule has 0 spiro atoms. The number of pyridine rings is 1. The molecule has 0 radical (unpaired) electrons. The maximum atomic E-state index is 4.22. The average molecular weight is 191 g/mol. The lowest BCUT2D eigenvalue weighted by atomic mass is 10.3. The first-order valence-electron chi connectivity index (χ1n) is 5.25. The number of aromatic nitrogens is 1. The molecule has 0 aromatic carbocycles. The predicted octanol–water partition coefficient (Wildman–Crippen LogP) is 2.11. The molecule has 1 fully saturated rings. The van der Waals surface area contributed by atoms with Crippen molar-refractivity contribution in [2.75, 3.05) is 23.8 Å². The first kappa shape index (κ1) is 9.31. The zero-order chi connectivity index (χ0) is 9.97. The Bertz CT molecular complexity index is 307. The van der Waals surface area contributed by atoms with Crippen molar-refractivity contribution >= 4 is 11.5 Å². The number of rotatable bonds is 4. The van der Waals surface area contributed by atoms with Crippen LogP contribution in [0.5, 0.6) is 0 Å². The van der Waals surface area contributed by atoms with E-state index in [1.807, 2.05) is 13.2 Å². The van der Waals surface area contributed by atoms with Gasteiger partial charge in [0.15, 0.2) is 0 Å². The molecule has 14 heavy (non-hydrogen) atoms. The van der Waals surface area contributed by atoms with Gasteiger partial charge in [0.25, 0.3) is 0 Å². The van der Waals surface area contributed by atoms with Crippen LogP contribution in [0.4, 0.5) is 11.5 Å². The minimum atomic E-state index is 0.770. The van der Waals surface area contributed by atoms with E-state index in [2.05, 4.69) is 34.3 Å². The summed E-state index contributed by atoms with van der Waals surface area (Å²) < 4.78 is 0. The molecule has 1 N–H and O–H groups in total. The lowest BCUT2D eigenvalue weighted by Gasteiger charge is -2.22. The van der Waals surface area contributed by atoms with Gasteiger partial charge in [0, 0.05) is 37.6 Å². The fourth-order valence-electron chi connectivity index (χ4n) is 1.77. The van der Waals surface area contributed by atoms with Crippen LogP contribution in [0.1, 0.15) is 19.8 Å². The third-order valence-electron chi connectivity index (χ3n) is 2.66. The van der Waals surface area contributed by atoms with Gasteiger partial charge in [-0.15, -0.1) is 0 Å². The Hall–Kier alpha value is -1.25. The van der Waals surface area contributed by atoms with Crippen molar-refractivity contribution in [2.24, 2.45) is 0 Å². The third-order valence-corrected chi connectivity index (χ3v) is 2.66. The molecule has 0 unspecified atom stereocenters. The highest BCUT2D eigenvalue weighted by molar-refractivity contribution is 5.54. The molecule has 0 aliphatic heterocycles. The van der Waals surface area contributed by atoms with E-state index in [0.29, 0.717) is 0 Å². The van der Waals surface area contributed by atoms with Gasteiger partial charge in [-0.1, -0.05) is 0 Å². The first-order valence-corrected chi connectivity index (χ1v) is 5.25. The molecule has 1 saturated carbocycles. The second-order valence-electron chi connectivity index (χ2n) is 3.67. The number of anilines is 2. The van der Waals surface area contributed by atoms with Crippen LogP contribution in [-0.4, -0.2) is 24.6 Å². The van der Waals surface area contributed by atoms with Gasteiger partial charge in [-0.2, -0.15) is 0 Å². The summed E-state index contributed by atoms with van der Waals surface area (Å²) in [5.41, 5.74) is 1.29. The number of hydrogen-bond acceptors (Lipinski definition) is 3. The largest absolute Gasteiger partial charge is 0.373 e. The van der Waals surface area contributed by atoms with Crippen LogP contribution in [-0.2, 0) is 0 Å². The lowest BCUT2D eigenvalue weighted by Crippen LogP contribution is -2.24. The van der Waals surface area contributed by atoms with E-state index >= 15 is 0 Å². The summed E-state index contributed by atoms with van der Waals surface area (Å²) in [5, 5.41) is 3.07. The topological polar surface area (TPSA) is 28.2 Å². The van der Waals surface area contributed by atoms with Gasteiger partial charge in [0.1, 0.15) is 5.82 Å². The number of nitrogens with one attached hydrogen (secondary N) is 1. The van der Waals surface area contributed by atoms with Crippen molar-refractivity contribution in [2.45, 2.75) is 25.8 Å². The van der Waals surface area contributed by atoms with E-state index < -0.39 is 0 Å². The summed E-state index contributed by atoms with van der Waals surface area (Å²) in [7, 11) is 1.90. The Labute approximate surface area is 85.1 Å². The van der Waals surface area contributed by atoms with E-state index in [1.54, 1.807) is 0 Å². The maximum Gasteiger partial charge on any atom is 0.127 e. The summed E-state index contributed by atoms with van der Waals surface area (Å²) in [5.74, 6) is 0.946. The molecule has 1 aliphatic carbocycles. The van der Waals surface area contributed by atoms with E-state index in [4.69, 9.17) is 0 Å². The molecule has 76 valence electrons. The summed E-state index contributed by atoms with van der Waals surface area (Å²) in [6.07, 6.45) is 4.54. The van der Waals surface area contributed by atoms with Gasteiger partial charge in [-0.25, -0.2) is 4.98 Å². The molecule has 0 amide bonds. The smallest absolute Gasteiger partial charge is 0.127 e. The van der Waals surface area contributed by atoms with Crippen molar-refractivity contribution < 1.29 is 0 Å². The molecule has 1 aromatic heterocycles. The van der Waals surface area contributed by atoms with Crippen molar-refractivity contribution in [3.63, 3.8) is 0 Å². The molecule has 1 aliphatic rings. The molecule has 1 aromatic rings. The van der Waals surface area contributed by atoms with Crippen LogP contribution in [0.2, 0.25) is 0 Å². The molecule has 0 bridgehead atoms. The van der Waals surface area contributed by atoms with Gasteiger partial charge < -0.3 is 10.2 Å². The molecule has 3 heteroatoms. The highest BCUT2D eigenvalue weighted by Crippen LogP contribution is 2.31. The second-order valence-corrected chi connectivity index (χ2v) is 3.67. The SMILES string of the molecule is CCN(c1ccnc(NC)c1)C1CC1. The molecular weight excluding hydrogens is 174 g/mol. The van der Waals surface area contributed by atoms with Crippen molar-refractivity contribution in [1.29, 1.82) is 0 Å². The average Bonchev–Trinajstić information content (AvgIpc) is 3.04. The molecule has 0 atom stereocenters.